The van der Waals surface area contributed by atoms with Crippen molar-refractivity contribution in [2.75, 3.05) is 18.4 Å². The van der Waals surface area contributed by atoms with E-state index in [1.807, 2.05) is 0 Å². The van der Waals surface area contributed by atoms with Crippen molar-refractivity contribution in [3.05, 3.63) is 0 Å². The average Bonchev–Trinajstić information content (AvgIpc) is 1.81. The van der Waals surface area contributed by atoms with Crippen molar-refractivity contribution in [2.45, 2.75) is 6.92 Å². The molecule has 0 aliphatic heterocycles. The van der Waals surface area contributed by atoms with Crippen LogP contribution in [0.25, 0.3) is 0 Å². The van der Waals surface area contributed by atoms with Gasteiger partial charge in [0.15, 0.2) is 0 Å². The summed E-state index contributed by atoms with van der Waals surface area (Å²) in [5.41, 5.74) is 0. The van der Waals surface area contributed by atoms with E-state index in [9.17, 15) is 0 Å². The van der Waals surface area contributed by atoms with Crippen molar-refractivity contribution in [1.29, 1.82) is 0 Å². The number of halogens is 1. The number of nitrogens with one attached hydrogen (secondary N) is 1. The Morgan fingerprint density at radius 3 is 2.75 bits per heavy atom. The van der Waals surface area contributed by atoms with Crippen LogP contribution in [0.5, 0.6) is 0 Å². The molecule has 0 atom stereocenters. The molecule has 0 saturated heterocycles. The third kappa shape index (κ3) is 6.00. The number of hydrogen-bond acceptors (Lipinski definition) is 1. The molecule has 1 N–H and O–H groups in total. The molecule has 0 aromatic rings. The number of alkyl halides is 1. The van der Waals surface area contributed by atoms with Crippen LogP contribution in [0.3, 0.4) is 0 Å². The van der Waals surface area contributed by atoms with E-state index in [2.05, 4.69) is 40.0 Å². The van der Waals surface area contributed by atoms with E-state index < -0.39 is 0 Å². The summed E-state index contributed by atoms with van der Waals surface area (Å²) in [6.07, 6.45) is 0. The second-order valence-electron chi connectivity index (χ2n) is 1.27. The molecule has 0 saturated carbocycles. The standard InChI is InChI=1S/C6H10BrN/c1-2-8-6-4-3-5-7/h8H,2,5-6H2,1H3. The molecule has 1 nitrogen and oxygen atoms in total. The Labute approximate surface area is 59.0 Å². The first-order chi connectivity index (χ1) is 3.91. The van der Waals surface area contributed by atoms with Crippen LogP contribution in [0.2, 0.25) is 0 Å². The molecule has 0 rings (SSSR count). The zero-order valence-electron chi connectivity index (χ0n) is 5.00. The second kappa shape index (κ2) is 7.00. The lowest BCUT2D eigenvalue weighted by Gasteiger charge is -1.87. The fourth-order valence-corrected chi connectivity index (χ4v) is 0.495. The van der Waals surface area contributed by atoms with Gasteiger partial charge in [0.25, 0.3) is 0 Å². The van der Waals surface area contributed by atoms with E-state index in [0.29, 0.717) is 0 Å². The van der Waals surface area contributed by atoms with Crippen molar-refractivity contribution in [3.63, 3.8) is 0 Å². The molecule has 0 heterocycles. The molecule has 0 spiro atoms. The third-order valence-electron chi connectivity index (χ3n) is 0.655. The monoisotopic (exact) mass is 175 g/mol. The summed E-state index contributed by atoms with van der Waals surface area (Å²) in [6, 6.07) is 0. The molecular weight excluding hydrogens is 166 g/mol. The van der Waals surface area contributed by atoms with Gasteiger partial charge in [0.05, 0.1) is 11.9 Å². The first kappa shape index (κ1) is 8.00. The smallest absolute Gasteiger partial charge is 0.0645 e. The summed E-state index contributed by atoms with van der Waals surface area (Å²) in [7, 11) is 0. The Kier molecular flexibility index (Phi) is 7.00. The van der Waals surface area contributed by atoms with Crippen LogP contribution in [-0.2, 0) is 0 Å². The molecule has 0 bridgehead atoms. The molecule has 0 amide bonds. The molecule has 0 aromatic carbocycles. The van der Waals surface area contributed by atoms with Gasteiger partial charge in [0.2, 0.25) is 0 Å². The molecule has 0 radical (unpaired) electrons. The largest absolute Gasteiger partial charge is 0.307 e. The highest BCUT2D eigenvalue weighted by Crippen LogP contribution is 1.71. The molecule has 0 fully saturated rings. The first-order valence-corrected chi connectivity index (χ1v) is 3.76. The lowest BCUT2D eigenvalue weighted by Crippen LogP contribution is -2.11. The van der Waals surface area contributed by atoms with Gasteiger partial charge in [-0.15, -0.1) is 0 Å². The first-order valence-electron chi connectivity index (χ1n) is 2.64. The van der Waals surface area contributed by atoms with E-state index in [4.69, 9.17) is 0 Å². The Bertz CT molecular complexity index is 90.4. The Hall–Kier alpha value is 0. The zero-order chi connectivity index (χ0) is 6.24. The summed E-state index contributed by atoms with van der Waals surface area (Å²) < 4.78 is 0. The van der Waals surface area contributed by atoms with Crippen molar-refractivity contribution in [3.8, 4) is 11.8 Å². The van der Waals surface area contributed by atoms with Gasteiger partial charge in [0, 0.05) is 0 Å². The SMILES string of the molecule is CCNCC#CCBr. The molecule has 0 unspecified atom stereocenters. The summed E-state index contributed by atoms with van der Waals surface area (Å²) in [5.74, 6) is 5.82. The molecule has 46 valence electrons. The Morgan fingerprint density at radius 1 is 1.50 bits per heavy atom. The van der Waals surface area contributed by atoms with Gasteiger partial charge in [0.1, 0.15) is 0 Å². The van der Waals surface area contributed by atoms with E-state index in [1.54, 1.807) is 0 Å². The molecular formula is C6H10BrN. The second-order valence-corrected chi connectivity index (χ2v) is 1.83. The number of hydrogen-bond donors (Lipinski definition) is 1. The normalized spacial score (nSPS) is 7.75. The van der Waals surface area contributed by atoms with Crippen LogP contribution in [-0.4, -0.2) is 18.4 Å². The highest BCUT2D eigenvalue weighted by Gasteiger charge is 1.69. The lowest BCUT2D eigenvalue weighted by molar-refractivity contribution is 0.811. The zero-order valence-corrected chi connectivity index (χ0v) is 6.59. The van der Waals surface area contributed by atoms with Gasteiger partial charge in [-0.3, -0.25) is 0 Å². The van der Waals surface area contributed by atoms with Crippen LogP contribution in [0.15, 0.2) is 0 Å². The number of rotatable bonds is 2. The fourth-order valence-electron chi connectivity index (χ4n) is 0.297. The summed E-state index contributed by atoms with van der Waals surface area (Å²) >= 11 is 3.20. The minimum Gasteiger partial charge on any atom is -0.307 e. The summed E-state index contributed by atoms with van der Waals surface area (Å²) in [4.78, 5) is 0. The fraction of sp³-hybridized carbons (Fsp3) is 0.667. The van der Waals surface area contributed by atoms with Gasteiger partial charge in [-0.05, 0) is 6.54 Å². The molecule has 8 heavy (non-hydrogen) atoms. The van der Waals surface area contributed by atoms with Crippen LogP contribution in [0, 0.1) is 11.8 Å². The molecule has 0 aliphatic rings. The topological polar surface area (TPSA) is 12.0 Å². The quantitative estimate of drug-likeness (QED) is 0.376. The van der Waals surface area contributed by atoms with E-state index in [-0.39, 0.29) is 0 Å². The average molecular weight is 176 g/mol. The van der Waals surface area contributed by atoms with Crippen LogP contribution in [0.4, 0.5) is 0 Å². The maximum absolute atomic E-state index is 3.20. The van der Waals surface area contributed by atoms with Gasteiger partial charge in [-0.2, -0.15) is 0 Å². The van der Waals surface area contributed by atoms with Crippen LogP contribution in [0.1, 0.15) is 6.92 Å². The van der Waals surface area contributed by atoms with Gasteiger partial charge < -0.3 is 5.32 Å². The predicted molar refractivity (Wildman–Crippen MR) is 40.1 cm³/mol. The summed E-state index contributed by atoms with van der Waals surface area (Å²) in [5, 5.41) is 3.86. The van der Waals surface area contributed by atoms with Crippen molar-refractivity contribution >= 4 is 15.9 Å². The Morgan fingerprint density at radius 2 is 2.25 bits per heavy atom. The lowest BCUT2D eigenvalue weighted by atomic mass is 10.6. The minimum absolute atomic E-state index is 0.776. The van der Waals surface area contributed by atoms with Crippen LogP contribution >= 0.6 is 15.9 Å². The maximum Gasteiger partial charge on any atom is 0.0645 e. The van der Waals surface area contributed by atoms with Crippen molar-refractivity contribution < 1.29 is 0 Å². The molecule has 0 aliphatic carbocycles. The summed E-state index contributed by atoms with van der Waals surface area (Å²) in [6.45, 7) is 3.87. The van der Waals surface area contributed by atoms with Crippen molar-refractivity contribution in [1.82, 2.24) is 5.32 Å². The van der Waals surface area contributed by atoms with Gasteiger partial charge in [-0.1, -0.05) is 34.7 Å². The third-order valence-corrected chi connectivity index (χ3v) is 0.936. The molecule has 2 heteroatoms. The minimum atomic E-state index is 0.776. The van der Waals surface area contributed by atoms with Crippen molar-refractivity contribution in [2.24, 2.45) is 0 Å². The maximum atomic E-state index is 3.20. The van der Waals surface area contributed by atoms with E-state index in [1.165, 1.54) is 0 Å². The highest BCUT2D eigenvalue weighted by atomic mass is 79.9. The van der Waals surface area contributed by atoms with E-state index in [0.717, 1.165) is 18.4 Å². The Balaban J connectivity index is 2.90. The highest BCUT2D eigenvalue weighted by molar-refractivity contribution is 9.09. The predicted octanol–water partition coefficient (Wildman–Crippen LogP) is 0.994. The molecule has 0 aromatic heterocycles. The van der Waals surface area contributed by atoms with E-state index >= 15 is 0 Å². The van der Waals surface area contributed by atoms with Gasteiger partial charge in [-0.25, -0.2) is 0 Å². The van der Waals surface area contributed by atoms with Crippen LogP contribution < -0.4 is 5.32 Å². The van der Waals surface area contributed by atoms with Gasteiger partial charge >= 0.3 is 0 Å².